The van der Waals surface area contributed by atoms with Crippen LogP contribution < -0.4 is 5.73 Å². The first-order chi connectivity index (χ1) is 9.95. The van der Waals surface area contributed by atoms with E-state index < -0.39 is 30.6 Å². The van der Waals surface area contributed by atoms with E-state index in [1.54, 1.807) is 0 Å². The van der Waals surface area contributed by atoms with Crippen LogP contribution >= 0.6 is 0 Å². The highest BCUT2D eigenvalue weighted by Gasteiger charge is 2.55. The van der Waals surface area contributed by atoms with Gasteiger partial charge >= 0.3 is 0 Å². The van der Waals surface area contributed by atoms with Crippen molar-refractivity contribution in [2.24, 2.45) is 15.8 Å². The summed E-state index contributed by atoms with van der Waals surface area (Å²) in [5, 5.41) is 33.0. The second-order valence-corrected chi connectivity index (χ2v) is 4.73. The third kappa shape index (κ3) is 2.58. The van der Waals surface area contributed by atoms with Crippen molar-refractivity contribution < 1.29 is 20.1 Å². The van der Waals surface area contributed by atoms with Gasteiger partial charge in [0.15, 0.2) is 6.23 Å². The van der Waals surface area contributed by atoms with Gasteiger partial charge in [0, 0.05) is 11.1 Å². The van der Waals surface area contributed by atoms with E-state index in [2.05, 4.69) is 21.6 Å². The molecule has 21 heavy (non-hydrogen) atoms. The lowest BCUT2D eigenvalue weighted by atomic mass is 9.96. The van der Waals surface area contributed by atoms with Gasteiger partial charge in [-0.25, -0.2) is 4.99 Å². The number of nitrogens with zero attached hydrogens (tertiary/aromatic N) is 5. The highest BCUT2D eigenvalue weighted by Crippen LogP contribution is 2.35. The van der Waals surface area contributed by atoms with Crippen LogP contribution in [0.3, 0.4) is 0 Å². The number of hydrogen-bond acceptors (Lipinski definition) is 8. The number of hydrogen-bond donors (Lipinski definition) is 4. The Hall–Kier alpha value is -2.10. The van der Waals surface area contributed by atoms with E-state index in [9.17, 15) is 15.3 Å². The molecule has 0 amide bonds. The second kappa shape index (κ2) is 5.72. The summed E-state index contributed by atoms with van der Waals surface area (Å²) in [7, 11) is 0. The number of nitrogens with two attached hydrogens (primary N) is 1. The molecule has 114 valence electrons. The summed E-state index contributed by atoms with van der Waals surface area (Å²) in [6, 6.07) is 0. The van der Waals surface area contributed by atoms with Crippen molar-refractivity contribution in [1.29, 1.82) is 0 Å². The second-order valence-electron chi connectivity index (χ2n) is 4.73. The minimum absolute atomic E-state index is 0.212. The van der Waals surface area contributed by atoms with Gasteiger partial charge in [-0.15, -0.1) is 0 Å². The molecule has 0 aromatic rings. The predicted molar refractivity (Wildman–Crippen MR) is 72.5 cm³/mol. The molecule has 0 aliphatic carbocycles. The maximum Gasteiger partial charge on any atom is 0.164 e. The summed E-state index contributed by atoms with van der Waals surface area (Å²) in [5.74, 6) is 0.454. The molecule has 2 aliphatic rings. The van der Waals surface area contributed by atoms with Crippen LogP contribution in [0.1, 0.15) is 0 Å². The molecule has 0 bridgehead atoms. The molecule has 0 spiro atoms. The summed E-state index contributed by atoms with van der Waals surface area (Å²) in [6.45, 7) is 2.72. The lowest BCUT2D eigenvalue weighted by Gasteiger charge is -2.32. The molecule has 0 aromatic heterocycles. The molecular weight excluding hydrogens is 280 g/mol. The van der Waals surface area contributed by atoms with E-state index >= 15 is 0 Å². The van der Waals surface area contributed by atoms with Gasteiger partial charge in [0.25, 0.3) is 0 Å². The van der Waals surface area contributed by atoms with Gasteiger partial charge in [-0.1, -0.05) is 11.7 Å². The average Bonchev–Trinajstić information content (AvgIpc) is 2.71. The molecule has 2 heterocycles. The van der Waals surface area contributed by atoms with Gasteiger partial charge in [-0.05, 0) is 11.6 Å². The Bertz CT molecular complexity index is 543. The Morgan fingerprint density at radius 3 is 2.90 bits per heavy atom. The maximum absolute atomic E-state index is 10.1. The molecule has 1 saturated heterocycles. The van der Waals surface area contributed by atoms with Crippen molar-refractivity contribution in [3.63, 3.8) is 0 Å². The molecule has 2 aliphatic heterocycles. The molecule has 4 atom stereocenters. The molecule has 1 fully saturated rings. The summed E-state index contributed by atoms with van der Waals surface area (Å²) < 4.78 is 5.56. The third-order valence-corrected chi connectivity index (χ3v) is 3.42. The average molecular weight is 296 g/mol. The van der Waals surface area contributed by atoms with Gasteiger partial charge in [0.2, 0.25) is 0 Å². The smallest absolute Gasteiger partial charge is 0.164 e. The van der Waals surface area contributed by atoms with Gasteiger partial charge < -0.3 is 30.7 Å². The molecule has 0 aromatic carbocycles. The molecule has 10 nitrogen and oxygen atoms in total. The Kier molecular flexibility index (Phi) is 4.16. The number of amidine groups is 1. The fourth-order valence-electron chi connectivity index (χ4n) is 2.25. The van der Waals surface area contributed by atoms with Crippen LogP contribution in [0, 0.1) is 0 Å². The number of aliphatic hydroxyl groups excluding tert-OH is 3. The highest BCUT2D eigenvalue weighted by atomic mass is 16.6. The maximum atomic E-state index is 10.1. The van der Waals surface area contributed by atoms with E-state index in [1.807, 2.05) is 0 Å². The summed E-state index contributed by atoms with van der Waals surface area (Å²) in [5.41, 5.74) is 12.3. The first kappa shape index (κ1) is 15.3. The van der Waals surface area contributed by atoms with Crippen LogP contribution in [0.5, 0.6) is 0 Å². The van der Waals surface area contributed by atoms with Crippen molar-refractivity contribution in [2.75, 3.05) is 13.2 Å². The van der Waals surface area contributed by atoms with Gasteiger partial charge in [-0.3, -0.25) is 0 Å². The third-order valence-electron chi connectivity index (χ3n) is 3.42. The predicted octanol–water partition coefficient (Wildman–Crippen LogP) is -1.24. The first-order valence-corrected chi connectivity index (χ1v) is 6.10. The van der Waals surface area contributed by atoms with E-state index in [1.165, 1.54) is 17.2 Å². The zero-order chi connectivity index (χ0) is 15.6. The number of ether oxygens (including phenoxy) is 1. The fraction of sp³-hybridized carbons (Fsp3) is 0.545. The Morgan fingerprint density at radius 2 is 2.33 bits per heavy atom. The van der Waals surface area contributed by atoms with Crippen molar-refractivity contribution in [3.05, 3.63) is 35.1 Å². The van der Waals surface area contributed by atoms with Gasteiger partial charge in [0.1, 0.15) is 29.5 Å². The minimum atomic E-state index is -1.59. The number of azide groups is 1. The first-order valence-electron chi connectivity index (χ1n) is 6.10. The monoisotopic (exact) mass is 296 g/mol. The van der Waals surface area contributed by atoms with Crippen LogP contribution in [0.15, 0.2) is 34.8 Å². The lowest BCUT2D eigenvalue weighted by Crippen LogP contribution is -2.48. The highest BCUT2D eigenvalue weighted by molar-refractivity contribution is 5.92. The van der Waals surface area contributed by atoms with E-state index in [0.717, 1.165) is 0 Å². The minimum Gasteiger partial charge on any atom is -0.393 e. The van der Waals surface area contributed by atoms with Gasteiger partial charge in [-0.2, -0.15) is 0 Å². The summed E-state index contributed by atoms with van der Waals surface area (Å²) >= 11 is 0. The van der Waals surface area contributed by atoms with Crippen LogP contribution in [0.2, 0.25) is 0 Å². The van der Waals surface area contributed by atoms with Crippen LogP contribution in [-0.2, 0) is 4.74 Å². The topological polar surface area (TPSA) is 160 Å². The standard InChI is InChI=1S/C11H16N6O4/c1-6-15-7(12)2-3-17(6)10-8(19)9(20)11(5-18,21-10)4-14-16-13/h2-3,8-10,18-20H,1,4-5H2,(H2,12,15)/t8-,9+,10-,11-/m1/s1. The summed E-state index contributed by atoms with van der Waals surface area (Å²) in [6.07, 6.45) is -0.874. The molecular formula is C11H16N6O4. The van der Waals surface area contributed by atoms with E-state index in [-0.39, 0.29) is 18.2 Å². The Morgan fingerprint density at radius 1 is 1.62 bits per heavy atom. The van der Waals surface area contributed by atoms with Crippen molar-refractivity contribution in [3.8, 4) is 0 Å². The normalized spacial score (nSPS) is 35.6. The molecule has 0 radical (unpaired) electrons. The van der Waals surface area contributed by atoms with Crippen molar-refractivity contribution >= 4 is 5.84 Å². The fourth-order valence-corrected chi connectivity index (χ4v) is 2.25. The summed E-state index contributed by atoms with van der Waals surface area (Å²) in [4.78, 5) is 7.87. The zero-order valence-electron chi connectivity index (χ0n) is 11.1. The lowest BCUT2D eigenvalue weighted by molar-refractivity contribution is -0.129. The molecule has 2 rings (SSSR count). The zero-order valence-corrected chi connectivity index (χ0v) is 11.1. The van der Waals surface area contributed by atoms with Crippen LogP contribution in [0.25, 0.3) is 10.4 Å². The molecule has 10 heteroatoms. The van der Waals surface area contributed by atoms with E-state index in [0.29, 0.717) is 0 Å². The van der Waals surface area contributed by atoms with Crippen LogP contribution in [-0.4, -0.2) is 63.2 Å². The Labute approximate surface area is 120 Å². The quantitative estimate of drug-likeness (QED) is 0.288. The van der Waals surface area contributed by atoms with E-state index in [4.69, 9.17) is 16.0 Å². The number of aliphatic hydroxyl groups is 3. The number of aliphatic imine (C=N–C) groups is 1. The number of rotatable bonds is 4. The van der Waals surface area contributed by atoms with Crippen molar-refractivity contribution in [1.82, 2.24) is 4.90 Å². The van der Waals surface area contributed by atoms with Crippen LogP contribution in [0.4, 0.5) is 0 Å². The van der Waals surface area contributed by atoms with Gasteiger partial charge in [0.05, 0.1) is 13.2 Å². The van der Waals surface area contributed by atoms with Crippen molar-refractivity contribution in [2.45, 2.75) is 24.0 Å². The molecule has 0 saturated carbocycles. The molecule has 0 unspecified atom stereocenters. The molecule has 5 N–H and O–H groups in total. The largest absolute Gasteiger partial charge is 0.393 e. The Balaban J connectivity index is 2.25. The SMILES string of the molecule is C=C1N=C(N)C=CN1[C@@H]1O[C@@](CO)(CN=[N+]=[N-])[C@@H](O)[C@H]1O.